The maximum Gasteiger partial charge on any atom is 0.264 e. The van der Waals surface area contributed by atoms with E-state index < -0.39 is 0 Å². The largest absolute Gasteiger partial charge is 0.311 e. The Kier molecular flexibility index (Phi) is 8.72. The van der Waals surface area contributed by atoms with Crippen LogP contribution in [-0.4, -0.2) is 6.71 Å². The molecule has 1 aromatic heterocycles. The molecule has 0 amide bonds. The molecule has 2 aliphatic carbocycles. The summed E-state index contributed by atoms with van der Waals surface area (Å²) in [6, 6.07) is 45.6. The first-order chi connectivity index (χ1) is 29.7. The van der Waals surface area contributed by atoms with E-state index in [-0.39, 0.29) is 33.8 Å². The van der Waals surface area contributed by atoms with E-state index in [0.717, 1.165) is 0 Å². The summed E-state index contributed by atoms with van der Waals surface area (Å²) in [4.78, 5) is 5.34. The van der Waals surface area contributed by atoms with Crippen LogP contribution in [-0.2, 0) is 27.1 Å². The molecule has 0 fully saturated rings. The molecule has 2 aliphatic heterocycles. The summed E-state index contributed by atoms with van der Waals surface area (Å²) in [5.41, 5.74) is 22.2. The first-order valence-electron chi connectivity index (χ1n) is 23.5. The van der Waals surface area contributed by atoms with Crippen molar-refractivity contribution in [1.29, 1.82) is 0 Å². The van der Waals surface area contributed by atoms with Crippen molar-refractivity contribution in [3.63, 3.8) is 0 Å². The monoisotopic (exact) mass is 842 g/mol. The zero-order valence-electron chi connectivity index (χ0n) is 39.7. The van der Waals surface area contributed by atoms with Crippen LogP contribution < -0.4 is 25.5 Å². The molecule has 4 heteroatoms. The van der Waals surface area contributed by atoms with E-state index in [0.29, 0.717) is 0 Å². The van der Waals surface area contributed by atoms with E-state index >= 15 is 0 Å². The molecular weight excluding hydrogens is 780 g/mol. The van der Waals surface area contributed by atoms with Crippen LogP contribution in [0.1, 0.15) is 135 Å². The number of hydrogen-bond acceptors (Lipinski definition) is 3. The Morgan fingerprint density at radius 1 is 0.524 bits per heavy atom. The lowest BCUT2D eigenvalue weighted by atomic mass is 9.36. The van der Waals surface area contributed by atoms with Crippen LogP contribution in [0.15, 0.2) is 115 Å². The van der Waals surface area contributed by atoms with Gasteiger partial charge < -0.3 is 9.80 Å². The molecule has 0 saturated heterocycles. The Morgan fingerprint density at radius 3 is 1.67 bits per heavy atom. The first kappa shape index (κ1) is 40.7. The van der Waals surface area contributed by atoms with E-state index in [2.05, 4.69) is 208 Å². The van der Waals surface area contributed by atoms with Crippen molar-refractivity contribution in [1.82, 2.24) is 0 Å². The van der Waals surface area contributed by atoms with Gasteiger partial charge in [0.15, 0.2) is 0 Å². The molecule has 2 nitrogen and oxygen atoms in total. The average Bonchev–Trinajstić information content (AvgIpc) is 3.62. The normalized spacial score (nSPS) is 18.6. The van der Waals surface area contributed by atoms with Crippen LogP contribution in [0.2, 0.25) is 0 Å². The summed E-state index contributed by atoms with van der Waals surface area (Å²) in [7, 11) is 0. The molecule has 0 atom stereocenters. The lowest BCUT2D eigenvalue weighted by molar-refractivity contribution is 0.332. The lowest BCUT2D eigenvalue weighted by Crippen LogP contribution is -2.60. The summed E-state index contributed by atoms with van der Waals surface area (Å²) in [6.07, 6.45) is 4.78. The predicted octanol–water partition coefficient (Wildman–Crippen LogP) is 15.0. The second-order valence-electron chi connectivity index (χ2n) is 23.2. The van der Waals surface area contributed by atoms with E-state index in [1.54, 1.807) is 0 Å². The van der Waals surface area contributed by atoms with Gasteiger partial charge in [0, 0.05) is 43.3 Å². The van der Waals surface area contributed by atoms with Gasteiger partial charge in [0.25, 0.3) is 6.71 Å². The molecule has 0 saturated carbocycles. The van der Waals surface area contributed by atoms with Gasteiger partial charge in [-0.05, 0) is 170 Å². The quantitative estimate of drug-likeness (QED) is 0.164. The van der Waals surface area contributed by atoms with Crippen molar-refractivity contribution >= 4 is 78.0 Å². The van der Waals surface area contributed by atoms with Gasteiger partial charge in [-0.1, -0.05) is 137 Å². The van der Waals surface area contributed by atoms with Crippen LogP contribution in [0.4, 0.5) is 34.1 Å². The average molecular weight is 843 g/mol. The van der Waals surface area contributed by atoms with Gasteiger partial charge in [-0.3, -0.25) is 0 Å². The summed E-state index contributed by atoms with van der Waals surface area (Å²) in [5.74, 6) is 0. The molecule has 318 valence electrons. The first-order valence-corrected chi connectivity index (χ1v) is 24.4. The highest BCUT2D eigenvalue weighted by molar-refractivity contribution is 7.33. The zero-order chi connectivity index (χ0) is 44.2. The molecule has 63 heavy (non-hydrogen) atoms. The number of anilines is 6. The van der Waals surface area contributed by atoms with Crippen LogP contribution in [0, 0.1) is 6.92 Å². The van der Waals surface area contributed by atoms with Gasteiger partial charge in [0.1, 0.15) is 0 Å². The Balaban J connectivity index is 1.24. The van der Waals surface area contributed by atoms with Gasteiger partial charge in [0.2, 0.25) is 0 Å². The fraction of sp³-hybridized carbons (Fsp3) is 0.356. The third-order valence-corrected chi connectivity index (χ3v) is 17.2. The number of hydrogen-bond donors (Lipinski definition) is 0. The highest BCUT2D eigenvalue weighted by Crippen LogP contribution is 2.53. The topological polar surface area (TPSA) is 6.48 Å². The molecule has 0 spiro atoms. The van der Waals surface area contributed by atoms with E-state index in [4.69, 9.17) is 0 Å². The van der Waals surface area contributed by atoms with Crippen molar-refractivity contribution in [2.24, 2.45) is 0 Å². The fourth-order valence-corrected chi connectivity index (χ4v) is 13.2. The number of rotatable bonds is 3. The van der Waals surface area contributed by atoms with Crippen molar-refractivity contribution in [3.05, 3.63) is 149 Å². The van der Waals surface area contributed by atoms with Crippen LogP contribution in [0.5, 0.6) is 0 Å². The zero-order valence-corrected chi connectivity index (χ0v) is 40.5. The summed E-state index contributed by atoms with van der Waals surface area (Å²) < 4.78 is 2.77. The Hall–Kier alpha value is -5.06. The Labute approximate surface area is 381 Å². The van der Waals surface area contributed by atoms with Crippen molar-refractivity contribution in [2.45, 2.75) is 136 Å². The predicted molar refractivity (Wildman–Crippen MR) is 275 cm³/mol. The third-order valence-electron chi connectivity index (χ3n) is 16.0. The highest BCUT2D eigenvalue weighted by atomic mass is 32.1. The van der Waals surface area contributed by atoms with Gasteiger partial charge in [-0.15, -0.1) is 11.3 Å². The minimum atomic E-state index is -0.00430. The van der Waals surface area contributed by atoms with Crippen molar-refractivity contribution in [2.75, 3.05) is 9.80 Å². The fourth-order valence-electron chi connectivity index (χ4n) is 11.9. The molecule has 7 aromatic rings. The summed E-state index contributed by atoms with van der Waals surface area (Å²) in [5, 5.41) is 1.33. The van der Waals surface area contributed by atoms with Crippen molar-refractivity contribution < 1.29 is 0 Å². The van der Waals surface area contributed by atoms with E-state index in [9.17, 15) is 0 Å². The van der Waals surface area contributed by atoms with E-state index in [1.165, 1.54) is 130 Å². The van der Waals surface area contributed by atoms with Gasteiger partial charge in [-0.2, -0.15) is 0 Å². The number of nitrogens with zero attached hydrogens (tertiary/aromatic N) is 2. The second kappa shape index (κ2) is 13.5. The molecule has 3 heterocycles. The maximum absolute atomic E-state index is 2.69. The summed E-state index contributed by atoms with van der Waals surface area (Å²) >= 11 is 2.01. The van der Waals surface area contributed by atoms with Crippen LogP contribution in [0.3, 0.4) is 0 Å². The Bertz CT molecular complexity index is 3030. The van der Waals surface area contributed by atoms with Crippen molar-refractivity contribution in [3.8, 4) is 11.1 Å². The smallest absolute Gasteiger partial charge is 0.264 e. The molecule has 0 unspecified atom stereocenters. The number of aryl methyl sites for hydroxylation is 1. The number of benzene rings is 6. The minimum Gasteiger partial charge on any atom is -0.311 e. The Morgan fingerprint density at radius 2 is 1.08 bits per heavy atom. The number of fused-ring (bicyclic) bond motifs is 8. The minimum absolute atomic E-state index is 0.00430. The molecule has 4 aliphatic rings. The lowest BCUT2D eigenvalue weighted by Gasteiger charge is -2.46. The molecule has 11 rings (SSSR count). The highest BCUT2D eigenvalue weighted by Gasteiger charge is 2.47. The second-order valence-corrected chi connectivity index (χ2v) is 24.3. The third kappa shape index (κ3) is 6.17. The van der Waals surface area contributed by atoms with E-state index in [1.807, 2.05) is 11.3 Å². The van der Waals surface area contributed by atoms with Crippen LogP contribution in [0.25, 0.3) is 21.2 Å². The van der Waals surface area contributed by atoms with Gasteiger partial charge >= 0.3 is 0 Å². The molecule has 0 bridgehead atoms. The summed E-state index contributed by atoms with van der Waals surface area (Å²) in [6.45, 7) is 29.1. The maximum atomic E-state index is 2.69. The number of thiophene rings is 1. The molecule has 0 N–H and O–H groups in total. The molecule has 0 radical (unpaired) electrons. The molecule has 6 aromatic carbocycles. The SMILES string of the molecule is Cc1cc2c3c(c1)N(c1ccc4c(c1)C(C)(C)CCC4(C)C)c1c(sc4ccc(-c5ccccc5)cc14)B3c1cc(C(C)(C)C)ccc1N2c1ccc2c(c1)C(C)(C)CCC2(C)C. The standard InChI is InChI=1S/C59H63BN2S/c1-36-30-49-52-50(31-36)62(41-21-23-44-46(35-41)59(11,12)29-27-57(44,7)8)53-42-32-38(37-16-14-13-15-17-37)18-25-51(42)63-54(53)60(52)47-33-39(55(2,3)4)19-24-48(47)61(49)40-20-22-43-45(34-40)58(9,10)28-26-56(43,5)6/h13-25,30-35H,26-29H2,1-12H3. The molecular formula is C59H63BN2S. The van der Waals surface area contributed by atoms with Crippen LogP contribution >= 0.6 is 11.3 Å². The van der Waals surface area contributed by atoms with Gasteiger partial charge in [0.05, 0.1) is 5.69 Å². The van der Waals surface area contributed by atoms with Gasteiger partial charge in [-0.25, -0.2) is 0 Å².